The second-order valence-electron chi connectivity index (χ2n) is 16.4. The molecule has 23 heteroatoms. The van der Waals surface area contributed by atoms with Crippen molar-refractivity contribution in [1.82, 2.24) is 41.1 Å². The van der Waals surface area contributed by atoms with E-state index >= 15 is 0 Å². The SMILES string of the molecule is C=CCCn1c(=O)n(CC2CO2)c(=O)n(CC2CO2)c1=O.C=CCCn1c(=O)n(CCC2CO2)c(=O)n(CCC2CO2)c1=O.C=CCn1c(=O)n(CC2CC2)c(=O)n(CC2CO2)c1=O. The molecule has 5 aliphatic heterocycles. The highest BCUT2D eigenvalue weighted by Gasteiger charge is 2.31. The quantitative estimate of drug-likeness (QED) is 0.0721. The number of nitrogens with zero attached hydrogens (tertiary/aromatic N) is 9. The Balaban J connectivity index is 0.000000144. The molecule has 6 aliphatic rings. The maximum absolute atomic E-state index is 12.5. The van der Waals surface area contributed by atoms with E-state index in [9.17, 15) is 43.2 Å². The minimum Gasteiger partial charge on any atom is -0.373 e. The summed E-state index contributed by atoms with van der Waals surface area (Å²) >= 11 is 0. The molecule has 6 fully saturated rings. The molecule has 0 radical (unpaired) electrons. The third-order valence-corrected chi connectivity index (χ3v) is 11.2. The molecule has 0 amide bonds. The molecular weight excluding hydrogens is 842 g/mol. The first-order valence-corrected chi connectivity index (χ1v) is 21.6. The normalized spacial score (nSPS) is 22.0. The average molecular weight is 898 g/mol. The van der Waals surface area contributed by atoms with Crippen LogP contribution in [0.25, 0.3) is 0 Å². The first-order valence-electron chi connectivity index (χ1n) is 21.6. The molecule has 1 saturated carbocycles. The molecule has 5 unspecified atom stereocenters. The number of epoxide rings is 5. The van der Waals surface area contributed by atoms with Gasteiger partial charge in [-0.1, -0.05) is 18.2 Å². The monoisotopic (exact) mass is 897 g/mol. The third kappa shape index (κ3) is 11.7. The Morgan fingerprint density at radius 2 is 0.656 bits per heavy atom. The lowest BCUT2D eigenvalue weighted by atomic mass is 10.3. The lowest BCUT2D eigenvalue weighted by Crippen LogP contribution is -2.55. The number of aromatic nitrogens is 9. The largest absolute Gasteiger partial charge is 0.373 e. The standard InChI is InChI=1S/C15H21N3O5.C13H17N3O5.C13H17N3O4/c1-2-3-6-16-13(19)17(7-4-11-9-22-11)15(21)18(14(16)20)8-5-12-10-23-12;1-2-3-4-14-11(17)15(5-9-7-20-9)13(19)16(12(14)18)6-10-8-21-10;1-2-5-14-11(17)15(6-9-3-4-9)13(19)16(12(14)18)7-10-8-20-10/h2,11-12H,1,3-10H2;2,9-10H,1,3-8H2;2,9-10H,1,3-8H2. The van der Waals surface area contributed by atoms with Crippen molar-refractivity contribution < 1.29 is 23.7 Å². The minimum atomic E-state index is -0.592. The summed E-state index contributed by atoms with van der Waals surface area (Å²) in [5.74, 6) is 0.376. The van der Waals surface area contributed by atoms with Crippen LogP contribution in [0.4, 0.5) is 0 Å². The highest BCUT2D eigenvalue weighted by Crippen LogP contribution is 2.29. The van der Waals surface area contributed by atoms with E-state index in [2.05, 4.69) is 19.7 Å². The number of ether oxygens (including phenoxy) is 5. The van der Waals surface area contributed by atoms with Gasteiger partial charge in [0.05, 0.1) is 89.7 Å². The van der Waals surface area contributed by atoms with E-state index in [-0.39, 0.29) is 82.9 Å². The summed E-state index contributed by atoms with van der Waals surface area (Å²) in [5, 5.41) is 0. The van der Waals surface area contributed by atoms with Gasteiger partial charge in [-0.3, -0.25) is 0 Å². The Morgan fingerprint density at radius 1 is 0.375 bits per heavy atom. The summed E-state index contributed by atoms with van der Waals surface area (Å²) in [4.78, 5) is 111. The molecule has 64 heavy (non-hydrogen) atoms. The van der Waals surface area contributed by atoms with Crippen molar-refractivity contribution in [3.05, 3.63) is 132 Å². The van der Waals surface area contributed by atoms with Crippen LogP contribution in [-0.2, 0) is 82.6 Å². The van der Waals surface area contributed by atoms with Gasteiger partial charge in [0.1, 0.15) is 0 Å². The number of hydrogen-bond donors (Lipinski definition) is 0. The lowest BCUT2D eigenvalue weighted by Gasteiger charge is -2.13. The molecule has 0 aromatic carbocycles. The Labute approximate surface area is 363 Å². The van der Waals surface area contributed by atoms with Gasteiger partial charge in [0, 0.05) is 32.7 Å². The Hall–Kier alpha value is -5.75. The van der Waals surface area contributed by atoms with Crippen LogP contribution in [0.3, 0.4) is 0 Å². The Bertz CT molecular complexity index is 2620. The predicted octanol–water partition coefficient (Wildman–Crippen LogP) is -2.96. The number of rotatable bonds is 22. The third-order valence-electron chi connectivity index (χ3n) is 11.2. The van der Waals surface area contributed by atoms with Crippen LogP contribution in [0.2, 0.25) is 0 Å². The summed E-state index contributed by atoms with van der Waals surface area (Å²) in [6.45, 7) is 15.7. The van der Waals surface area contributed by atoms with Crippen molar-refractivity contribution >= 4 is 0 Å². The van der Waals surface area contributed by atoms with Gasteiger partial charge in [-0.25, -0.2) is 84.3 Å². The predicted molar refractivity (Wildman–Crippen MR) is 228 cm³/mol. The molecule has 5 atom stereocenters. The van der Waals surface area contributed by atoms with E-state index in [0.717, 1.165) is 49.4 Å². The average Bonchev–Trinajstić information content (AvgIpc) is 4.05. The van der Waals surface area contributed by atoms with Gasteiger partial charge in [0.2, 0.25) is 0 Å². The van der Waals surface area contributed by atoms with Crippen molar-refractivity contribution in [1.29, 1.82) is 0 Å². The van der Waals surface area contributed by atoms with Crippen molar-refractivity contribution in [2.24, 2.45) is 5.92 Å². The van der Waals surface area contributed by atoms with Crippen LogP contribution in [0.15, 0.2) is 81.1 Å². The second-order valence-corrected chi connectivity index (χ2v) is 16.4. The highest BCUT2D eigenvalue weighted by molar-refractivity contribution is 4.89. The number of hydrogen-bond acceptors (Lipinski definition) is 14. The molecule has 3 aromatic rings. The van der Waals surface area contributed by atoms with E-state index in [1.165, 1.54) is 10.6 Å². The molecule has 0 spiro atoms. The van der Waals surface area contributed by atoms with Crippen LogP contribution in [-0.4, -0.2) is 105 Å². The first kappa shape index (κ1) is 46.2. The minimum absolute atomic E-state index is 0.0931. The van der Waals surface area contributed by atoms with Crippen molar-refractivity contribution in [2.45, 2.75) is 128 Å². The topological polar surface area (TPSA) is 261 Å². The van der Waals surface area contributed by atoms with E-state index in [0.29, 0.717) is 71.2 Å². The van der Waals surface area contributed by atoms with Gasteiger partial charge in [-0.15, -0.1) is 19.7 Å². The van der Waals surface area contributed by atoms with E-state index in [1.807, 2.05) is 0 Å². The summed E-state index contributed by atoms with van der Waals surface area (Å²) < 4.78 is 35.4. The molecule has 3 aromatic heterocycles. The molecule has 9 rings (SSSR count). The Morgan fingerprint density at radius 3 is 0.953 bits per heavy atom. The zero-order valence-electron chi connectivity index (χ0n) is 35.7. The highest BCUT2D eigenvalue weighted by atomic mass is 16.6. The molecule has 8 heterocycles. The van der Waals surface area contributed by atoms with E-state index in [1.54, 1.807) is 12.2 Å². The van der Waals surface area contributed by atoms with Crippen molar-refractivity contribution in [3.8, 4) is 0 Å². The summed E-state index contributed by atoms with van der Waals surface area (Å²) in [6.07, 6.45) is 8.86. The second kappa shape index (κ2) is 20.4. The summed E-state index contributed by atoms with van der Waals surface area (Å²) in [5.41, 5.74) is -5.07. The van der Waals surface area contributed by atoms with E-state index in [4.69, 9.17) is 23.7 Å². The van der Waals surface area contributed by atoms with Gasteiger partial charge < -0.3 is 23.7 Å². The summed E-state index contributed by atoms with van der Waals surface area (Å²) in [7, 11) is 0. The molecular formula is C41H55N9O14. The van der Waals surface area contributed by atoms with Gasteiger partial charge in [-0.2, -0.15) is 0 Å². The van der Waals surface area contributed by atoms with Crippen molar-refractivity contribution in [3.63, 3.8) is 0 Å². The fourth-order valence-corrected chi connectivity index (χ4v) is 6.87. The fraction of sp³-hybridized carbons (Fsp3) is 0.634. The van der Waals surface area contributed by atoms with Crippen LogP contribution in [0.1, 0.15) is 38.5 Å². The first-order chi connectivity index (χ1) is 30.8. The van der Waals surface area contributed by atoms with Gasteiger partial charge in [-0.05, 0) is 44.4 Å². The Kier molecular flexibility index (Phi) is 14.7. The lowest BCUT2D eigenvalue weighted by molar-refractivity contribution is 0.340. The molecule has 1 aliphatic carbocycles. The molecule has 23 nitrogen and oxygen atoms in total. The van der Waals surface area contributed by atoms with Crippen molar-refractivity contribution in [2.75, 3.05) is 33.0 Å². The number of allylic oxidation sites excluding steroid dienone is 3. The molecule has 5 saturated heterocycles. The zero-order valence-corrected chi connectivity index (χ0v) is 35.7. The van der Waals surface area contributed by atoms with Crippen LogP contribution in [0.5, 0.6) is 0 Å². The van der Waals surface area contributed by atoms with Gasteiger partial charge in [0.25, 0.3) is 0 Å². The smallest absolute Gasteiger partial charge is 0.336 e. The fourth-order valence-electron chi connectivity index (χ4n) is 6.87. The zero-order chi connectivity index (χ0) is 45.7. The van der Waals surface area contributed by atoms with Gasteiger partial charge >= 0.3 is 51.2 Å². The molecule has 348 valence electrons. The molecule has 0 bridgehead atoms. The van der Waals surface area contributed by atoms with Gasteiger partial charge in [0.15, 0.2) is 0 Å². The maximum Gasteiger partial charge on any atom is 0.336 e. The molecule has 0 N–H and O–H groups in total. The van der Waals surface area contributed by atoms with E-state index < -0.39 is 51.2 Å². The van der Waals surface area contributed by atoms with Crippen LogP contribution < -0.4 is 51.2 Å². The van der Waals surface area contributed by atoms with Crippen LogP contribution >= 0.6 is 0 Å². The van der Waals surface area contributed by atoms with Crippen LogP contribution in [0, 0.1) is 5.92 Å². The maximum atomic E-state index is 12.5. The summed E-state index contributed by atoms with van der Waals surface area (Å²) in [6, 6.07) is 0.